The summed E-state index contributed by atoms with van der Waals surface area (Å²) in [6.45, 7) is 0.851. The molecule has 0 spiro atoms. The Kier molecular flexibility index (Phi) is 11.2. The molecule has 10 nitrogen and oxygen atoms in total. The average molecular weight is 493 g/mol. The molecule has 0 aliphatic rings. The summed E-state index contributed by atoms with van der Waals surface area (Å²) in [4.78, 5) is 44.1. The summed E-state index contributed by atoms with van der Waals surface area (Å²) in [5.74, 6) is 1.97. The summed E-state index contributed by atoms with van der Waals surface area (Å²) in [5, 5.41) is 26.7. The van der Waals surface area contributed by atoms with Crippen molar-refractivity contribution in [3.05, 3.63) is 79.9 Å². The van der Waals surface area contributed by atoms with Gasteiger partial charge in [-0.1, -0.05) is 24.3 Å². The number of amides is 2. The molecule has 0 unspecified atom stereocenters. The van der Waals surface area contributed by atoms with Crippen molar-refractivity contribution in [2.75, 3.05) is 24.6 Å². The molecule has 33 heavy (non-hydrogen) atoms. The zero-order valence-electron chi connectivity index (χ0n) is 17.7. The van der Waals surface area contributed by atoms with Gasteiger partial charge in [0.05, 0.1) is 9.85 Å². The van der Waals surface area contributed by atoms with Gasteiger partial charge in [-0.3, -0.25) is 29.8 Å². The van der Waals surface area contributed by atoms with Crippen molar-refractivity contribution in [2.45, 2.75) is 17.9 Å². The van der Waals surface area contributed by atoms with E-state index in [0.717, 1.165) is 11.1 Å². The monoisotopic (exact) mass is 492 g/mol. The molecule has 0 radical (unpaired) electrons. The fourth-order valence-corrected chi connectivity index (χ4v) is 4.24. The third-order valence-electron chi connectivity index (χ3n) is 4.29. The van der Waals surface area contributed by atoms with Gasteiger partial charge in [-0.05, 0) is 11.1 Å². The number of nitrogens with one attached hydrogen (secondary N) is 2. The van der Waals surface area contributed by atoms with E-state index in [1.807, 2.05) is 0 Å². The van der Waals surface area contributed by atoms with E-state index in [1.165, 1.54) is 24.3 Å². The van der Waals surface area contributed by atoms with Gasteiger partial charge in [0.1, 0.15) is 6.42 Å². The predicted octanol–water partition coefficient (Wildman–Crippen LogP) is 3.29. The molecule has 0 aliphatic heterocycles. The maximum atomic E-state index is 11.8. The standard InChI is InChI=1S/C21H24N4O6S2/c26-20(22-9-11-32-14-16-1-5-18(6-2-16)24(28)29)13-21(27)23-10-12-33-15-17-3-7-19(8-4-17)25(30)31/h1-8H,9-15H2,(H,22,26)(H,23,27). The van der Waals surface area contributed by atoms with Crippen molar-refractivity contribution in [3.63, 3.8) is 0 Å². The van der Waals surface area contributed by atoms with Crippen LogP contribution in [0.2, 0.25) is 0 Å². The van der Waals surface area contributed by atoms with Crippen LogP contribution < -0.4 is 10.6 Å². The summed E-state index contributed by atoms with van der Waals surface area (Å²) in [6.07, 6.45) is -0.236. The Morgan fingerprint density at radius 2 is 1.06 bits per heavy atom. The number of hydrogen-bond acceptors (Lipinski definition) is 8. The van der Waals surface area contributed by atoms with E-state index in [9.17, 15) is 29.8 Å². The number of thioether (sulfide) groups is 2. The topological polar surface area (TPSA) is 144 Å². The van der Waals surface area contributed by atoms with Gasteiger partial charge in [0, 0.05) is 60.4 Å². The zero-order valence-corrected chi connectivity index (χ0v) is 19.4. The smallest absolute Gasteiger partial charge is 0.269 e. The number of nitro benzene ring substituents is 2. The van der Waals surface area contributed by atoms with E-state index in [2.05, 4.69) is 10.6 Å². The molecule has 12 heteroatoms. The minimum Gasteiger partial charge on any atom is -0.355 e. The van der Waals surface area contributed by atoms with Crippen molar-refractivity contribution in [2.24, 2.45) is 0 Å². The lowest BCUT2D eigenvalue weighted by Gasteiger charge is -2.07. The number of carbonyl (C=O) groups is 2. The third-order valence-corrected chi connectivity index (χ3v) is 6.35. The molecular formula is C21H24N4O6S2. The van der Waals surface area contributed by atoms with Gasteiger partial charge < -0.3 is 10.6 Å². The molecule has 0 saturated heterocycles. The molecule has 0 aromatic heterocycles. The normalized spacial score (nSPS) is 10.4. The Labute approximate surface area is 199 Å². The van der Waals surface area contributed by atoms with E-state index < -0.39 is 9.85 Å². The van der Waals surface area contributed by atoms with Gasteiger partial charge in [-0.25, -0.2) is 0 Å². The number of non-ortho nitro benzene ring substituents is 2. The van der Waals surface area contributed by atoms with Crippen LogP contribution in [0.3, 0.4) is 0 Å². The quantitative estimate of drug-likeness (QED) is 0.177. The molecule has 2 amide bonds. The summed E-state index contributed by atoms with van der Waals surface area (Å²) in [5.41, 5.74) is 2.03. The Balaban J connectivity index is 1.49. The number of rotatable bonds is 14. The van der Waals surface area contributed by atoms with Crippen molar-refractivity contribution >= 4 is 46.7 Å². The van der Waals surface area contributed by atoms with Crippen LogP contribution >= 0.6 is 23.5 Å². The van der Waals surface area contributed by atoms with Gasteiger partial charge in [0.2, 0.25) is 11.8 Å². The van der Waals surface area contributed by atoms with Crippen LogP contribution in [0.1, 0.15) is 17.5 Å². The molecule has 0 fully saturated rings. The van der Waals surface area contributed by atoms with Crippen LogP contribution in [0, 0.1) is 20.2 Å². The largest absolute Gasteiger partial charge is 0.355 e. The van der Waals surface area contributed by atoms with Crippen molar-refractivity contribution in [1.29, 1.82) is 0 Å². The number of nitro groups is 2. The molecule has 0 atom stereocenters. The highest BCUT2D eigenvalue weighted by atomic mass is 32.2. The SMILES string of the molecule is O=C(CC(=O)NCCSCc1ccc([N+](=O)[O-])cc1)NCCSCc1ccc([N+](=O)[O-])cc1. The first-order valence-corrected chi connectivity index (χ1v) is 12.3. The Morgan fingerprint density at radius 3 is 1.39 bits per heavy atom. The second kappa shape index (κ2) is 14.1. The molecule has 0 saturated carbocycles. The average Bonchev–Trinajstić information content (AvgIpc) is 2.79. The van der Waals surface area contributed by atoms with E-state index in [0.29, 0.717) is 36.1 Å². The van der Waals surface area contributed by atoms with E-state index in [4.69, 9.17) is 0 Å². The number of carbonyl (C=O) groups excluding carboxylic acids is 2. The molecular weight excluding hydrogens is 468 g/mol. The van der Waals surface area contributed by atoms with Crippen LogP contribution in [-0.4, -0.2) is 46.3 Å². The molecule has 0 bridgehead atoms. The Bertz CT molecular complexity index is 877. The first-order valence-electron chi connectivity index (χ1n) is 10.0. The van der Waals surface area contributed by atoms with E-state index >= 15 is 0 Å². The van der Waals surface area contributed by atoms with Crippen LogP contribution in [0.5, 0.6) is 0 Å². The first kappa shape index (κ1) is 26.1. The highest BCUT2D eigenvalue weighted by molar-refractivity contribution is 7.98. The molecule has 0 aliphatic carbocycles. The van der Waals surface area contributed by atoms with Crippen LogP contribution in [0.25, 0.3) is 0 Å². The highest BCUT2D eigenvalue weighted by Crippen LogP contribution is 2.17. The second-order valence-electron chi connectivity index (χ2n) is 6.83. The summed E-state index contributed by atoms with van der Waals surface area (Å²) in [6, 6.07) is 12.7. The third kappa shape index (κ3) is 10.4. The highest BCUT2D eigenvalue weighted by Gasteiger charge is 2.09. The Morgan fingerprint density at radius 1 is 0.697 bits per heavy atom. The predicted molar refractivity (Wildman–Crippen MR) is 129 cm³/mol. The van der Waals surface area contributed by atoms with Gasteiger partial charge in [0.15, 0.2) is 0 Å². The lowest BCUT2D eigenvalue weighted by atomic mass is 10.2. The molecule has 2 aromatic rings. The number of benzene rings is 2. The second-order valence-corrected chi connectivity index (χ2v) is 9.04. The van der Waals surface area contributed by atoms with Gasteiger partial charge in [-0.15, -0.1) is 0 Å². The fourth-order valence-electron chi connectivity index (χ4n) is 2.60. The minimum atomic E-state index is -0.441. The summed E-state index contributed by atoms with van der Waals surface area (Å²) in [7, 11) is 0. The fraction of sp³-hybridized carbons (Fsp3) is 0.333. The maximum absolute atomic E-state index is 11.8. The van der Waals surface area contributed by atoms with E-state index in [1.54, 1.807) is 47.8 Å². The van der Waals surface area contributed by atoms with Crippen molar-refractivity contribution in [3.8, 4) is 0 Å². The zero-order chi connectivity index (χ0) is 24.1. The number of nitrogens with zero attached hydrogens (tertiary/aromatic N) is 2. The van der Waals surface area contributed by atoms with Crippen LogP contribution in [-0.2, 0) is 21.1 Å². The van der Waals surface area contributed by atoms with Gasteiger partial charge in [-0.2, -0.15) is 23.5 Å². The minimum absolute atomic E-state index is 0.0531. The lowest BCUT2D eigenvalue weighted by Crippen LogP contribution is -2.33. The molecule has 2 rings (SSSR count). The van der Waals surface area contributed by atoms with Gasteiger partial charge >= 0.3 is 0 Å². The van der Waals surface area contributed by atoms with Crippen LogP contribution in [0.4, 0.5) is 11.4 Å². The lowest BCUT2D eigenvalue weighted by molar-refractivity contribution is -0.385. The summed E-state index contributed by atoms with van der Waals surface area (Å²) < 4.78 is 0. The molecule has 2 aromatic carbocycles. The maximum Gasteiger partial charge on any atom is 0.269 e. The van der Waals surface area contributed by atoms with Crippen molar-refractivity contribution in [1.82, 2.24) is 10.6 Å². The molecule has 176 valence electrons. The molecule has 2 N–H and O–H groups in total. The Hall–Kier alpha value is -3.12. The first-order chi connectivity index (χ1) is 15.8. The number of hydrogen-bond donors (Lipinski definition) is 2. The van der Waals surface area contributed by atoms with Crippen molar-refractivity contribution < 1.29 is 19.4 Å². The van der Waals surface area contributed by atoms with Crippen LogP contribution in [0.15, 0.2) is 48.5 Å². The van der Waals surface area contributed by atoms with E-state index in [-0.39, 0.29) is 29.6 Å². The van der Waals surface area contributed by atoms with Gasteiger partial charge in [0.25, 0.3) is 11.4 Å². The molecule has 0 heterocycles. The summed E-state index contributed by atoms with van der Waals surface area (Å²) >= 11 is 3.16.